The van der Waals surface area contributed by atoms with Crippen LogP contribution in [0.5, 0.6) is 0 Å². The van der Waals surface area contributed by atoms with Crippen LogP contribution in [0, 0.1) is 17.2 Å². The molecule has 0 aromatic carbocycles. The van der Waals surface area contributed by atoms with E-state index in [4.69, 9.17) is 5.26 Å². The molecule has 3 rings (SSSR count). The molecular formula is C17H20N4S. The van der Waals surface area contributed by atoms with E-state index < -0.39 is 0 Å². The molecule has 0 radical (unpaired) electrons. The van der Waals surface area contributed by atoms with Gasteiger partial charge in [0.2, 0.25) is 0 Å². The van der Waals surface area contributed by atoms with Gasteiger partial charge < -0.3 is 5.32 Å². The molecule has 1 aliphatic heterocycles. The minimum Gasteiger partial charge on any atom is -0.370 e. The molecule has 114 valence electrons. The van der Waals surface area contributed by atoms with E-state index in [0.29, 0.717) is 17.5 Å². The minimum atomic E-state index is 0.486. The van der Waals surface area contributed by atoms with E-state index in [0.717, 1.165) is 18.9 Å². The van der Waals surface area contributed by atoms with Crippen molar-refractivity contribution in [3.8, 4) is 6.07 Å². The van der Waals surface area contributed by atoms with E-state index in [2.05, 4.69) is 45.8 Å². The quantitative estimate of drug-likeness (QED) is 0.938. The number of piperidine rings is 1. The number of anilines is 1. The first-order valence-electron chi connectivity index (χ1n) is 7.61. The molecule has 1 N–H and O–H groups in total. The molecule has 2 aromatic rings. The number of thiophene rings is 1. The van der Waals surface area contributed by atoms with Gasteiger partial charge in [-0.2, -0.15) is 5.26 Å². The summed E-state index contributed by atoms with van der Waals surface area (Å²) in [5.41, 5.74) is 0.597. The third kappa shape index (κ3) is 3.29. The fourth-order valence-electron chi connectivity index (χ4n) is 3.18. The fraction of sp³-hybridized carbons (Fsp3) is 0.412. The molecule has 2 atom stereocenters. The Labute approximate surface area is 135 Å². The van der Waals surface area contributed by atoms with Crippen LogP contribution in [-0.2, 0) is 0 Å². The average Bonchev–Trinajstić information content (AvgIpc) is 3.07. The number of likely N-dealkylation sites (tertiary alicyclic amines) is 1. The van der Waals surface area contributed by atoms with Crippen molar-refractivity contribution in [3.05, 3.63) is 46.3 Å². The third-order valence-electron chi connectivity index (χ3n) is 4.28. The number of nitriles is 1. The Morgan fingerprint density at radius 1 is 1.45 bits per heavy atom. The summed E-state index contributed by atoms with van der Waals surface area (Å²) in [6, 6.07) is 10.6. The molecule has 0 unspecified atom stereocenters. The van der Waals surface area contributed by atoms with Crippen molar-refractivity contribution in [2.24, 2.45) is 5.92 Å². The van der Waals surface area contributed by atoms with E-state index in [1.54, 1.807) is 12.3 Å². The van der Waals surface area contributed by atoms with Gasteiger partial charge in [0, 0.05) is 23.7 Å². The predicted molar refractivity (Wildman–Crippen MR) is 89.9 cm³/mol. The summed E-state index contributed by atoms with van der Waals surface area (Å²) < 4.78 is 0. The highest BCUT2D eigenvalue weighted by Gasteiger charge is 2.30. The Hall–Kier alpha value is -1.90. The zero-order valence-electron chi connectivity index (χ0n) is 12.7. The number of nitrogens with one attached hydrogen (secondary N) is 1. The minimum absolute atomic E-state index is 0.486. The Morgan fingerprint density at radius 3 is 3.05 bits per heavy atom. The van der Waals surface area contributed by atoms with Crippen LogP contribution in [0.1, 0.15) is 29.3 Å². The number of pyridine rings is 1. The fourth-order valence-corrected chi connectivity index (χ4v) is 4.17. The van der Waals surface area contributed by atoms with Crippen LogP contribution >= 0.6 is 11.3 Å². The van der Waals surface area contributed by atoms with E-state index in [-0.39, 0.29) is 0 Å². The van der Waals surface area contributed by atoms with Gasteiger partial charge in [-0.05, 0) is 55.9 Å². The second kappa shape index (κ2) is 6.91. The van der Waals surface area contributed by atoms with Crippen LogP contribution in [0.2, 0.25) is 0 Å². The maximum Gasteiger partial charge on any atom is 0.125 e. The number of hydrogen-bond acceptors (Lipinski definition) is 5. The van der Waals surface area contributed by atoms with Crippen molar-refractivity contribution in [2.45, 2.75) is 18.9 Å². The van der Waals surface area contributed by atoms with Crippen molar-refractivity contribution in [1.82, 2.24) is 9.88 Å². The normalized spacial score (nSPS) is 22.2. The van der Waals surface area contributed by atoms with Gasteiger partial charge in [0.1, 0.15) is 11.9 Å². The zero-order valence-corrected chi connectivity index (χ0v) is 13.5. The standard InChI is InChI=1S/C17H20N4S/c1-21-8-2-4-14(17(21)15-5-3-9-22-15)12-20-16-7-6-13(10-18)11-19-16/h3,5-7,9,11,14,17H,2,4,8,12H2,1H3,(H,19,20)/t14-,17-/m0/s1. The summed E-state index contributed by atoms with van der Waals surface area (Å²) in [5.74, 6) is 1.42. The molecule has 3 heterocycles. The number of hydrogen-bond donors (Lipinski definition) is 1. The maximum absolute atomic E-state index is 8.82. The van der Waals surface area contributed by atoms with Crippen LogP contribution in [0.15, 0.2) is 35.8 Å². The van der Waals surface area contributed by atoms with Gasteiger partial charge in [-0.15, -0.1) is 11.3 Å². The summed E-state index contributed by atoms with van der Waals surface area (Å²) >= 11 is 1.84. The first-order chi connectivity index (χ1) is 10.8. The topological polar surface area (TPSA) is 52.0 Å². The third-order valence-corrected chi connectivity index (χ3v) is 5.22. The summed E-state index contributed by atoms with van der Waals surface area (Å²) in [7, 11) is 2.22. The molecule has 0 saturated carbocycles. The molecular weight excluding hydrogens is 292 g/mol. The highest BCUT2D eigenvalue weighted by molar-refractivity contribution is 7.10. The van der Waals surface area contributed by atoms with Gasteiger partial charge in [-0.25, -0.2) is 4.98 Å². The van der Waals surface area contributed by atoms with Crippen molar-refractivity contribution >= 4 is 17.2 Å². The first-order valence-corrected chi connectivity index (χ1v) is 8.49. The van der Waals surface area contributed by atoms with E-state index in [9.17, 15) is 0 Å². The smallest absolute Gasteiger partial charge is 0.125 e. The maximum atomic E-state index is 8.82. The highest BCUT2D eigenvalue weighted by Crippen LogP contribution is 2.37. The zero-order chi connectivity index (χ0) is 15.4. The lowest BCUT2D eigenvalue weighted by atomic mass is 9.88. The average molecular weight is 312 g/mol. The Morgan fingerprint density at radius 2 is 2.36 bits per heavy atom. The van der Waals surface area contributed by atoms with Crippen molar-refractivity contribution in [3.63, 3.8) is 0 Å². The van der Waals surface area contributed by atoms with Crippen LogP contribution in [0.3, 0.4) is 0 Å². The summed E-state index contributed by atoms with van der Waals surface area (Å²) in [4.78, 5) is 8.21. The van der Waals surface area contributed by atoms with Gasteiger partial charge in [-0.1, -0.05) is 6.07 Å². The van der Waals surface area contributed by atoms with Crippen LogP contribution in [0.25, 0.3) is 0 Å². The first kappa shape index (κ1) is 15.0. The molecule has 22 heavy (non-hydrogen) atoms. The number of rotatable bonds is 4. The lowest BCUT2D eigenvalue weighted by Crippen LogP contribution is -2.38. The number of nitrogens with zero attached hydrogens (tertiary/aromatic N) is 3. The van der Waals surface area contributed by atoms with Gasteiger partial charge in [0.05, 0.1) is 5.56 Å². The molecule has 5 heteroatoms. The van der Waals surface area contributed by atoms with Gasteiger partial charge >= 0.3 is 0 Å². The highest BCUT2D eigenvalue weighted by atomic mass is 32.1. The van der Waals surface area contributed by atoms with Gasteiger partial charge in [-0.3, -0.25) is 4.90 Å². The summed E-state index contributed by atoms with van der Waals surface area (Å²) in [6.07, 6.45) is 4.09. The number of aromatic nitrogens is 1. The molecule has 0 bridgehead atoms. The Bertz CT molecular complexity index is 630. The van der Waals surface area contributed by atoms with E-state index in [1.165, 1.54) is 17.7 Å². The molecule has 0 aliphatic carbocycles. The van der Waals surface area contributed by atoms with Crippen molar-refractivity contribution in [1.29, 1.82) is 5.26 Å². The molecule has 1 saturated heterocycles. The van der Waals surface area contributed by atoms with Crippen molar-refractivity contribution in [2.75, 3.05) is 25.5 Å². The molecule has 0 spiro atoms. The lowest BCUT2D eigenvalue weighted by Gasteiger charge is -2.39. The van der Waals surface area contributed by atoms with Crippen LogP contribution in [-0.4, -0.2) is 30.0 Å². The molecule has 2 aromatic heterocycles. The van der Waals surface area contributed by atoms with Crippen LogP contribution < -0.4 is 5.32 Å². The molecule has 4 nitrogen and oxygen atoms in total. The molecule has 0 amide bonds. The second-order valence-corrected chi connectivity index (χ2v) is 6.75. The predicted octanol–water partition coefficient (Wildman–Crippen LogP) is 3.51. The monoisotopic (exact) mass is 312 g/mol. The molecule has 1 aliphatic rings. The van der Waals surface area contributed by atoms with E-state index >= 15 is 0 Å². The Kier molecular flexibility index (Phi) is 4.71. The van der Waals surface area contributed by atoms with E-state index in [1.807, 2.05) is 17.4 Å². The molecule has 1 fully saturated rings. The lowest BCUT2D eigenvalue weighted by molar-refractivity contribution is 0.130. The SMILES string of the molecule is CN1CCC[C@@H](CNc2ccc(C#N)cn2)[C@H]1c1cccs1. The van der Waals surface area contributed by atoms with Crippen molar-refractivity contribution < 1.29 is 0 Å². The van der Waals surface area contributed by atoms with Gasteiger partial charge in [0.25, 0.3) is 0 Å². The second-order valence-electron chi connectivity index (χ2n) is 5.77. The summed E-state index contributed by atoms with van der Waals surface area (Å²) in [5, 5.41) is 14.4. The largest absolute Gasteiger partial charge is 0.370 e. The summed E-state index contributed by atoms with van der Waals surface area (Å²) in [6.45, 7) is 2.07. The van der Waals surface area contributed by atoms with Crippen LogP contribution in [0.4, 0.5) is 5.82 Å². The Balaban J connectivity index is 1.68. The van der Waals surface area contributed by atoms with Gasteiger partial charge in [0.15, 0.2) is 0 Å².